The van der Waals surface area contributed by atoms with Gasteiger partial charge in [0.1, 0.15) is 16.7 Å². The zero-order valence-electron chi connectivity index (χ0n) is 13.4. The van der Waals surface area contributed by atoms with Gasteiger partial charge in [-0.25, -0.2) is 4.79 Å². The van der Waals surface area contributed by atoms with E-state index in [1.807, 2.05) is 30.3 Å². The number of ether oxygens (including phenoxy) is 2. The molecule has 0 aliphatic rings. The molecule has 5 heteroatoms. The second-order valence-electron chi connectivity index (χ2n) is 5.29. The molecule has 3 rings (SSSR count). The molecule has 2 aromatic carbocycles. The molecule has 0 atom stereocenters. The van der Waals surface area contributed by atoms with Crippen molar-refractivity contribution < 1.29 is 18.7 Å². The zero-order valence-corrected chi connectivity index (χ0v) is 13.4. The maximum atomic E-state index is 12.4. The van der Waals surface area contributed by atoms with Crippen LogP contribution >= 0.6 is 0 Å². The van der Waals surface area contributed by atoms with E-state index in [1.165, 1.54) is 14.0 Å². The summed E-state index contributed by atoms with van der Waals surface area (Å²) in [7, 11) is 1.51. The van der Waals surface area contributed by atoms with E-state index in [-0.39, 0.29) is 11.3 Å². The first-order valence-corrected chi connectivity index (χ1v) is 7.45. The summed E-state index contributed by atoms with van der Waals surface area (Å²) in [5.74, 6) is 0.152. The Morgan fingerprint density at radius 3 is 2.50 bits per heavy atom. The minimum absolute atomic E-state index is 0.190. The molecule has 0 bridgehead atoms. The minimum atomic E-state index is -0.532. The largest absolute Gasteiger partial charge is 0.496 e. The highest BCUT2D eigenvalue weighted by Gasteiger charge is 2.21. The molecular formula is C19H16O5. The lowest BCUT2D eigenvalue weighted by molar-refractivity contribution is -0.131. The Labute approximate surface area is 138 Å². The number of fused-ring (bicyclic) bond motifs is 1. The number of methoxy groups -OCH3 is 1. The van der Waals surface area contributed by atoms with Crippen molar-refractivity contribution in [3.05, 3.63) is 70.1 Å². The molecule has 122 valence electrons. The molecule has 0 amide bonds. The summed E-state index contributed by atoms with van der Waals surface area (Å²) in [5.41, 5.74) is 0.976. The third-order valence-electron chi connectivity index (χ3n) is 3.63. The third kappa shape index (κ3) is 3.01. The summed E-state index contributed by atoms with van der Waals surface area (Å²) in [4.78, 5) is 24.0. The van der Waals surface area contributed by atoms with E-state index in [0.717, 1.165) is 5.56 Å². The fraction of sp³-hybridized carbons (Fsp3) is 0.158. The van der Waals surface area contributed by atoms with Gasteiger partial charge in [0.25, 0.3) is 0 Å². The smallest absolute Gasteiger partial charge is 0.343 e. The van der Waals surface area contributed by atoms with Gasteiger partial charge in [0.15, 0.2) is 5.75 Å². The number of benzene rings is 2. The van der Waals surface area contributed by atoms with Gasteiger partial charge in [-0.1, -0.05) is 36.4 Å². The van der Waals surface area contributed by atoms with Crippen LogP contribution in [0.5, 0.6) is 11.5 Å². The van der Waals surface area contributed by atoms with Crippen molar-refractivity contribution in [1.29, 1.82) is 0 Å². The van der Waals surface area contributed by atoms with Crippen LogP contribution in [0.4, 0.5) is 0 Å². The molecule has 1 aromatic heterocycles. The second-order valence-corrected chi connectivity index (χ2v) is 5.29. The summed E-state index contributed by atoms with van der Waals surface area (Å²) in [6.07, 6.45) is 0.291. The first-order valence-electron chi connectivity index (χ1n) is 7.45. The van der Waals surface area contributed by atoms with Gasteiger partial charge < -0.3 is 13.9 Å². The first kappa shape index (κ1) is 15.8. The second kappa shape index (κ2) is 6.58. The van der Waals surface area contributed by atoms with Crippen LogP contribution in [0.3, 0.4) is 0 Å². The Bertz CT molecular complexity index is 941. The van der Waals surface area contributed by atoms with Crippen molar-refractivity contribution in [3.8, 4) is 11.5 Å². The van der Waals surface area contributed by atoms with Crippen LogP contribution in [0.2, 0.25) is 0 Å². The number of hydrogen-bond acceptors (Lipinski definition) is 5. The summed E-state index contributed by atoms with van der Waals surface area (Å²) >= 11 is 0. The van der Waals surface area contributed by atoms with Crippen LogP contribution in [0.25, 0.3) is 11.0 Å². The molecule has 0 N–H and O–H groups in total. The van der Waals surface area contributed by atoms with E-state index in [1.54, 1.807) is 18.2 Å². The fourth-order valence-electron chi connectivity index (χ4n) is 2.60. The molecular weight excluding hydrogens is 308 g/mol. The monoisotopic (exact) mass is 324 g/mol. The summed E-state index contributed by atoms with van der Waals surface area (Å²) in [5, 5.41) is 0.473. The number of hydrogen-bond donors (Lipinski definition) is 0. The number of carbonyl (C=O) groups is 1. The van der Waals surface area contributed by atoms with Gasteiger partial charge >= 0.3 is 11.6 Å². The normalized spacial score (nSPS) is 10.6. The molecule has 0 radical (unpaired) electrons. The summed E-state index contributed by atoms with van der Waals surface area (Å²) in [6, 6.07) is 14.5. The molecule has 0 saturated carbocycles. The van der Waals surface area contributed by atoms with Gasteiger partial charge in [-0.2, -0.15) is 0 Å². The Kier molecular flexibility index (Phi) is 4.33. The molecule has 0 fully saturated rings. The lowest BCUT2D eigenvalue weighted by atomic mass is 10.0. The number of esters is 1. The van der Waals surface area contributed by atoms with E-state index in [0.29, 0.717) is 23.1 Å². The highest BCUT2D eigenvalue weighted by atomic mass is 16.5. The lowest BCUT2D eigenvalue weighted by Gasteiger charge is -2.13. The van der Waals surface area contributed by atoms with Crippen LogP contribution in [0, 0.1) is 0 Å². The minimum Gasteiger partial charge on any atom is -0.496 e. The third-order valence-corrected chi connectivity index (χ3v) is 3.63. The molecule has 0 saturated heterocycles. The average Bonchev–Trinajstić information content (AvgIpc) is 2.57. The molecule has 24 heavy (non-hydrogen) atoms. The van der Waals surface area contributed by atoms with E-state index in [4.69, 9.17) is 13.9 Å². The number of rotatable bonds is 4. The van der Waals surface area contributed by atoms with Crippen LogP contribution in [0.15, 0.2) is 57.7 Å². The molecule has 1 heterocycles. The van der Waals surface area contributed by atoms with E-state index in [9.17, 15) is 9.59 Å². The average molecular weight is 324 g/mol. The highest BCUT2D eigenvalue weighted by Crippen LogP contribution is 2.36. The van der Waals surface area contributed by atoms with Gasteiger partial charge in [0, 0.05) is 13.3 Å². The van der Waals surface area contributed by atoms with Gasteiger partial charge in [-0.05, 0) is 17.7 Å². The Morgan fingerprint density at radius 1 is 1.08 bits per heavy atom. The molecule has 5 nitrogen and oxygen atoms in total. The quantitative estimate of drug-likeness (QED) is 0.544. The molecule has 0 unspecified atom stereocenters. The van der Waals surface area contributed by atoms with Crippen molar-refractivity contribution in [2.24, 2.45) is 0 Å². The maximum Gasteiger partial charge on any atom is 0.343 e. The predicted molar refractivity (Wildman–Crippen MR) is 89.6 cm³/mol. The summed E-state index contributed by atoms with van der Waals surface area (Å²) < 4.78 is 16.1. The topological polar surface area (TPSA) is 65.7 Å². The summed E-state index contributed by atoms with van der Waals surface area (Å²) in [6.45, 7) is 1.29. The van der Waals surface area contributed by atoms with Crippen molar-refractivity contribution in [2.75, 3.05) is 7.11 Å². The molecule has 0 aliphatic heterocycles. The van der Waals surface area contributed by atoms with Gasteiger partial charge in [-0.15, -0.1) is 0 Å². The molecule has 0 spiro atoms. The van der Waals surface area contributed by atoms with Crippen molar-refractivity contribution in [1.82, 2.24) is 0 Å². The maximum absolute atomic E-state index is 12.4. The predicted octanol–water partition coefficient (Wildman–Crippen LogP) is 3.32. The zero-order chi connectivity index (χ0) is 17.1. The van der Waals surface area contributed by atoms with Gasteiger partial charge in [-0.3, -0.25) is 4.79 Å². The Morgan fingerprint density at radius 2 is 1.83 bits per heavy atom. The van der Waals surface area contributed by atoms with Crippen LogP contribution < -0.4 is 15.1 Å². The van der Waals surface area contributed by atoms with Crippen molar-refractivity contribution >= 4 is 16.9 Å². The van der Waals surface area contributed by atoms with E-state index >= 15 is 0 Å². The Hall–Kier alpha value is -3.08. The van der Waals surface area contributed by atoms with Crippen molar-refractivity contribution in [2.45, 2.75) is 13.3 Å². The van der Waals surface area contributed by atoms with Crippen molar-refractivity contribution in [3.63, 3.8) is 0 Å². The van der Waals surface area contributed by atoms with E-state index < -0.39 is 11.6 Å². The SMILES string of the molecule is COc1cccc2oc(=O)c(Cc3ccccc3)c(OC(C)=O)c12. The lowest BCUT2D eigenvalue weighted by Crippen LogP contribution is -2.14. The van der Waals surface area contributed by atoms with Crippen LogP contribution in [-0.2, 0) is 11.2 Å². The standard InChI is InChI=1S/C19H16O5/c1-12(20)23-18-14(11-13-7-4-3-5-8-13)19(21)24-16-10-6-9-15(22-2)17(16)18/h3-10H,11H2,1-2H3. The van der Waals surface area contributed by atoms with Gasteiger partial charge in [0.2, 0.25) is 0 Å². The van der Waals surface area contributed by atoms with E-state index in [2.05, 4.69) is 0 Å². The Balaban J connectivity index is 2.28. The highest BCUT2D eigenvalue weighted by molar-refractivity contribution is 5.92. The van der Waals surface area contributed by atoms with Gasteiger partial charge in [0.05, 0.1) is 12.7 Å². The molecule has 0 aliphatic carbocycles. The van der Waals surface area contributed by atoms with Crippen LogP contribution in [0.1, 0.15) is 18.1 Å². The first-order chi connectivity index (χ1) is 11.6. The fourth-order valence-corrected chi connectivity index (χ4v) is 2.60. The van der Waals surface area contributed by atoms with Crippen LogP contribution in [-0.4, -0.2) is 13.1 Å². The molecule has 3 aromatic rings. The number of carbonyl (C=O) groups excluding carboxylic acids is 1.